The number of fused-ring (bicyclic) bond motifs is 1. The largest absolute Gasteiger partial charge is 0.496 e. The molecule has 1 N–H and O–H groups in total. The quantitative estimate of drug-likeness (QED) is 0.702. The number of methoxy groups -OCH3 is 1. The first-order chi connectivity index (χ1) is 16.6. The second-order valence-electron chi connectivity index (χ2n) is 8.65. The number of ether oxygens (including phenoxy) is 3. The smallest absolute Gasteiger partial charge is 0.409 e. The molecule has 182 valence electrons. The molecule has 2 aliphatic rings. The van der Waals surface area contributed by atoms with E-state index in [-0.39, 0.29) is 30.7 Å². The maximum Gasteiger partial charge on any atom is 0.409 e. The van der Waals surface area contributed by atoms with Crippen LogP contribution < -0.4 is 14.8 Å². The third kappa shape index (κ3) is 5.80. The number of carbonyl (C=O) groups is 2. The molecular formula is C26H33N3O5. The molecule has 2 aliphatic heterocycles. The van der Waals surface area contributed by atoms with Crippen LogP contribution in [0.3, 0.4) is 0 Å². The van der Waals surface area contributed by atoms with Crippen molar-refractivity contribution < 1.29 is 23.8 Å². The first-order valence-corrected chi connectivity index (χ1v) is 11.9. The molecule has 2 aromatic rings. The van der Waals surface area contributed by atoms with Gasteiger partial charge in [0, 0.05) is 43.3 Å². The summed E-state index contributed by atoms with van der Waals surface area (Å²) < 4.78 is 17.0. The first kappa shape index (κ1) is 23.9. The molecule has 2 amide bonds. The summed E-state index contributed by atoms with van der Waals surface area (Å²) in [7, 11) is 1.65. The van der Waals surface area contributed by atoms with Gasteiger partial charge in [0.1, 0.15) is 17.6 Å². The highest BCUT2D eigenvalue weighted by atomic mass is 16.6. The molecule has 0 unspecified atom stereocenters. The van der Waals surface area contributed by atoms with Gasteiger partial charge in [-0.2, -0.15) is 0 Å². The second-order valence-corrected chi connectivity index (χ2v) is 8.65. The van der Waals surface area contributed by atoms with Gasteiger partial charge in [-0.05, 0) is 31.9 Å². The average Bonchev–Trinajstić information content (AvgIpc) is 3.03. The van der Waals surface area contributed by atoms with Gasteiger partial charge in [-0.15, -0.1) is 0 Å². The fourth-order valence-corrected chi connectivity index (χ4v) is 4.59. The second kappa shape index (κ2) is 11.2. The Balaban J connectivity index is 1.41. The summed E-state index contributed by atoms with van der Waals surface area (Å²) in [5.41, 5.74) is 2.01. The van der Waals surface area contributed by atoms with E-state index in [1.807, 2.05) is 48.5 Å². The van der Waals surface area contributed by atoms with Crippen LogP contribution in [0.5, 0.6) is 11.5 Å². The molecule has 1 saturated heterocycles. The molecule has 8 heteroatoms. The molecule has 1 fully saturated rings. The van der Waals surface area contributed by atoms with Crippen LogP contribution >= 0.6 is 0 Å². The number of hydrogen-bond donors (Lipinski definition) is 1. The van der Waals surface area contributed by atoms with Gasteiger partial charge in [0.25, 0.3) is 0 Å². The topological polar surface area (TPSA) is 80.3 Å². The zero-order chi connectivity index (χ0) is 23.9. The molecule has 0 radical (unpaired) electrons. The lowest BCUT2D eigenvalue weighted by Crippen LogP contribution is -2.49. The van der Waals surface area contributed by atoms with E-state index in [0.717, 1.165) is 35.5 Å². The lowest BCUT2D eigenvalue weighted by atomic mass is 10.1. The number of nitrogens with zero attached hydrogens (tertiary/aromatic N) is 2. The van der Waals surface area contributed by atoms with Crippen LogP contribution in [0.25, 0.3) is 0 Å². The maximum atomic E-state index is 13.0. The zero-order valence-corrected chi connectivity index (χ0v) is 19.9. The molecule has 0 spiro atoms. The Hall–Kier alpha value is -3.26. The van der Waals surface area contributed by atoms with E-state index < -0.39 is 0 Å². The van der Waals surface area contributed by atoms with E-state index in [1.54, 1.807) is 18.9 Å². The number of para-hydroxylation sites is 2. The summed E-state index contributed by atoms with van der Waals surface area (Å²) in [6, 6.07) is 15.9. The molecule has 2 heterocycles. The number of rotatable bonds is 6. The van der Waals surface area contributed by atoms with E-state index in [2.05, 4.69) is 10.2 Å². The number of nitrogens with one attached hydrogen (secondary N) is 1. The third-order valence-electron chi connectivity index (χ3n) is 6.30. The fourth-order valence-electron chi connectivity index (χ4n) is 4.59. The van der Waals surface area contributed by atoms with Gasteiger partial charge in [-0.3, -0.25) is 9.69 Å². The SMILES string of the molecule is CCOC(=O)N1CCC(NC(=O)CN2Cc3ccccc3O[C@H](c3ccccc3OC)C2)CC1. The van der Waals surface area contributed by atoms with Crippen LogP contribution in [0, 0.1) is 0 Å². The van der Waals surface area contributed by atoms with Crippen molar-refractivity contribution in [3.8, 4) is 11.5 Å². The van der Waals surface area contributed by atoms with Gasteiger partial charge in [-0.1, -0.05) is 36.4 Å². The predicted octanol–water partition coefficient (Wildman–Crippen LogP) is 3.37. The molecule has 0 bridgehead atoms. The van der Waals surface area contributed by atoms with Crippen molar-refractivity contribution in [3.63, 3.8) is 0 Å². The Morgan fingerprint density at radius 3 is 2.59 bits per heavy atom. The zero-order valence-electron chi connectivity index (χ0n) is 19.9. The molecule has 0 aromatic heterocycles. The van der Waals surface area contributed by atoms with Gasteiger partial charge >= 0.3 is 6.09 Å². The molecule has 1 atom stereocenters. The van der Waals surface area contributed by atoms with E-state index in [1.165, 1.54) is 0 Å². The van der Waals surface area contributed by atoms with Crippen LogP contribution in [-0.4, -0.2) is 67.7 Å². The van der Waals surface area contributed by atoms with Gasteiger partial charge < -0.3 is 24.4 Å². The lowest BCUT2D eigenvalue weighted by Gasteiger charge is -2.32. The van der Waals surface area contributed by atoms with Crippen molar-refractivity contribution in [3.05, 3.63) is 59.7 Å². The minimum absolute atomic E-state index is 0.0206. The summed E-state index contributed by atoms with van der Waals surface area (Å²) in [6.07, 6.45) is 0.902. The third-order valence-corrected chi connectivity index (χ3v) is 6.30. The van der Waals surface area contributed by atoms with Crippen molar-refractivity contribution >= 4 is 12.0 Å². The fraction of sp³-hybridized carbons (Fsp3) is 0.462. The summed E-state index contributed by atoms with van der Waals surface area (Å²) >= 11 is 0. The monoisotopic (exact) mass is 467 g/mol. The Kier molecular flexibility index (Phi) is 7.90. The van der Waals surface area contributed by atoms with Crippen LogP contribution in [-0.2, 0) is 16.1 Å². The highest BCUT2D eigenvalue weighted by Gasteiger charge is 2.29. The molecule has 0 saturated carbocycles. The number of hydrogen-bond acceptors (Lipinski definition) is 6. The summed E-state index contributed by atoms with van der Waals surface area (Å²) in [6.45, 7) is 4.79. The number of benzene rings is 2. The standard InChI is InChI=1S/C26H33N3O5/c1-3-33-26(31)29-14-12-20(13-15-29)27-25(30)18-28-16-19-8-4-6-10-22(19)34-24(17-28)21-9-5-7-11-23(21)32-2/h4-11,20,24H,3,12-18H2,1-2H3,(H,27,30)/t24-/m0/s1. The average molecular weight is 468 g/mol. The highest BCUT2D eigenvalue weighted by molar-refractivity contribution is 5.78. The number of likely N-dealkylation sites (tertiary alicyclic amines) is 1. The summed E-state index contributed by atoms with van der Waals surface area (Å²) in [5, 5.41) is 3.15. The minimum Gasteiger partial charge on any atom is -0.496 e. The van der Waals surface area contributed by atoms with Crippen molar-refractivity contribution in [2.45, 2.75) is 38.5 Å². The molecule has 4 rings (SSSR count). The van der Waals surface area contributed by atoms with Crippen molar-refractivity contribution in [1.29, 1.82) is 0 Å². The van der Waals surface area contributed by atoms with Crippen molar-refractivity contribution in [1.82, 2.24) is 15.1 Å². The van der Waals surface area contributed by atoms with Crippen molar-refractivity contribution in [2.75, 3.05) is 39.9 Å². The molecule has 2 aromatic carbocycles. The Bertz CT molecular complexity index is 990. The summed E-state index contributed by atoms with van der Waals surface area (Å²) in [5.74, 6) is 1.57. The first-order valence-electron chi connectivity index (χ1n) is 11.9. The van der Waals surface area contributed by atoms with Crippen LogP contribution in [0.1, 0.15) is 37.0 Å². The lowest BCUT2D eigenvalue weighted by molar-refractivity contribution is -0.123. The van der Waals surface area contributed by atoms with E-state index >= 15 is 0 Å². The molecule has 0 aliphatic carbocycles. The maximum absolute atomic E-state index is 13.0. The van der Waals surface area contributed by atoms with E-state index in [4.69, 9.17) is 14.2 Å². The van der Waals surface area contributed by atoms with Gasteiger partial charge in [0.15, 0.2) is 0 Å². The number of piperidine rings is 1. The van der Waals surface area contributed by atoms with Crippen molar-refractivity contribution in [2.24, 2.45) is 0 Å². The minimum atomic E-state index is -0.280. The van der Waals surface area contributed by atoms with E-state index in [0.29, 0.717) is 32.8 Å². The molecule has 34 heavy (non-hydrogen) atoms. The van der Waals surface area contributed by atoms with Gasteiger partial charge in [-0.25, -0.2) is 4.79 Å². The molecule has 8 nitrogen and oxygen atoms in total. The van der Waals surface area contributed by atoms with Crippen LogP contribution in [0.2, 0.25) is 0 Å². The predicted molar refractivity (Wildman–Crippen MR) is 128 cm³/mol. The number of carbonyl (C=O) groups excluding carboxylic acids is 2. The van der Waals surface area contributed by atoms with Gasteiger partial charge in [0.2, 0.25) is 5.91 Å². The van der Waals surface area contributed by atoms with Crippen LogP contribution in [0.15, 0.2) is 48.5 Å². The summed E-state index contributed by atoms with van der Waals surface area (Å²) in [4.78, 5) is 28.7. The number of amides is 2. The Morgan fingerprint density at radius 1 is 1.09 bits per heavy atom. The molecular weight excluding hydrogens is 434 g/mol. The Morgan fingerprint density at radius 2 is 1.82 bits per heavy atom. The van der Waals surface area contributed by atoms with E-state index in [9.17, 15) is 9.59 Å². The Labute approximate surface area is 200 Å². The van der Waals surface area contributed by atoms with Gasteiger partial charge in [0.05, 0.1) is 20.3 Å². The normalized spacial score (nSPS) is 18.9. The highest BCUT2D eigenvalue weighted by Crippen LogP contribution is 2.34. The van der Waals surface area contributed by atoms with Crippen LogP contribution in [0.4, 0.5) is 4.79 Å².